The molecule has 0 unspecified atom stereocenters. The van der Waals surface area contributed by atoms with E-state index in [9.17, 15) is 19.7 Å². The number of ether oxygens (including phenoxy) is 1. The van der Waals surface area contributed by atoms with E-state index in [4.69, 9.17) is 4.74 Å². The maximum absolute atomic E-state index is 12.5. The van der Waals surface area contributed by atoms with Crippen molar-refractivity contribution >= 4 is 23.3 Å². The highest BCUT2D eigenvalue weighted by atomic mass is 16.6. The lowest BCUT2D eigenvalue weighted by molar-refractivity contribution is -0.384. The molecule has 0 aromatic heterocycles. The van der Waals surface area contributed by atoms with Gasteiger partial charge in [0.2, 0.25) is 0 Å². The molecule has 2 aliphatic rings. The monoisotopic (exact) mass is 403 g/mol. The van der Waals surface area contributed by atoms with Crippen molar-refractivity contribution in [1.82, 2.24) is 5.32 Å². The molecule has 1 saturated carbocycles. The molecule has 1 saturated heterocycles. The van der Waals surface area contributed by atoms with Crippen molar-refractivity contribution in [2.75, 3.05) is 18.0 Å². The van der Waals surface area contributed by atoms with Crippen LogP contribution < -0.4 is 10.2 Å². The predicted molar refractivity (Wildman–Crippen MR) is 109 cm³/mol. The molecule has 3 rings (SSSR count). The zero-order valence-corrected chi connectivity index (χ0v) is 17.1. The second-order valence-electron chi connectivity index (χ2n) is 8.08. The first-order valence-corrected chi connectivity index (χ1v) is 10.4. The van der Waals surface area contributed by atoms with Crippen molar-refractivity contribution in [1.29, 1.82) is 0 Å². The summed E-state index contributed by atoms with van der Waals surface area (Å²) in [6.45, 7) is 5.17. The van der Waals surface area contributed by atoms with E-state index in [1.54, 1.807) is 6.07 Å². The van der Waals surface area contributed by atoms with Crippen LogP contribution in [0.3, 0.4) is 0 Å². The summed E-state index contributed by atoms with van der Waals surface area (Å²) in [6, 6.07) is 4.45. The van der Waals surface area contributed by atoms with Gasteiger partial charge in [0.25, 0.3) is 11.6 Å². The van der Waals surface area contributed by atoms with Gasteiger partial charge in [-0.15, -0.1) is 0 Å². The van der Waals surface area contributed by atoms with Crippen molar-refractivity contribution in [3.63, 3.8) is 0 Å². The topological polar surface area (TPSA) is 102 Å². The number of amides is 1. The number of esters is 1. The summed E-state index contributed by atoms with van der Waals surface area (Å²) in [6.07, 6.45) is 5.28. The van der Waals surface area contributed by atoms with Gasteiger partial charge in [-0.05, 0) is 50.7 Å². The fraction of sp³-hybridized carbons (Fsp3) is 0.619. The molecule has 0 spiro atoms. The van der Waals surface area contributed by atoms with Gasteiger partial charge in [0.1, 0.15) is 5.69 Å². The minimum atomic E-state index is -0.964. The highest BCUT2D eigenvalue weighted by molar-refractivity contribution is 5.93. The van der Waals surface area contributed by atoms with Gasteiger partial charge in [0.15, 0.2) is 6.10 Å². The average molecular weight is 403 g/mol. The Balaban J connectivity index is 1.65. The Labute approximate surface area is 170 Å². The van der Waals surface area contributed by atoms with Gasteiger partial charge in [-0.1, -0.05) is 19.8 Å². The fourth-order valence-corrected chi connectivity index (χ4v) is 4.13. The molecule has 1 amide bonds. The van der Waals surface area contributed by atoms with Crippen LogP contribution in [0.4, 0.5) is 11.4 Å². The lowest BCUT2D eigenvalue weighted by atomic mass is 9.86. The van der Waals surface area contributed by atoms with E-state index >= 15 is 0 Å². The molecule has 1 aromatic carbocycles. The second kappa shape index (κ2) is 9.24. The maximum atomic E-state index is 12.5. The number of carbonyl (C=O) groups excluding carboxylic acids is 2. The highest BCUT2D eigenvalue weighted by Gasteiger charge is 2.28. The third kappa shape index (κ3) is 5.05. The zero-order valence-electron chi connectivity index (χ0n) is 17.1. The Hall–Kier alpha value is -2.64. The minimum Gasteiger partial charge on any atom is -0.449 e. The fourth-order valence-electron chi connectivity index (χ4n) is 4.13. The second-order valence-corrected chi connectivity index (χ2v) is 8.08. The summed E-state index contributed by atoms with van der Waals surface area (Å²) in [7, 11) is 0. The Kier molecular flexibility index (Phi) is 6.71. The molecule has 0 bridgehead atoms. The van der Waals surface area contributed by atoms with Crippen LogP contribution in [-0.2, 0) is 9.53 Å². The molecule has 1 aliphatic heterocycles. The standard InChI is InChI=1S/C21H29N3O5/c1-14-7-3-4-8-17(14)22-20(25)15(2)29-21(26)16-9-10-18(19(13-16)24(27)28)23-11-5-6-12-23/h9-10,13-15,17H,3-8,11-12H2,1-2H3,(H,22,25)/t14-,15+,17+/m0/s1. The molecule has 2 fully saturated rings. The predicted octanol–water partition coefficient (Wildman–Crippen LogP) is 3.44. The van der Waals surface area contributed by atoms with Crippen molar-refractivity contribution in [2.45, 2.75) is 64.5 Å². The van der Waals surface area contributed by atoms with E-state index in [-0.39, 0.29) is 23.2 Å². The number of hydrogen-bond acceptors (Lipinski definition) is 6. The van der Waals surface area contributed by atoms with E-state index in [0.29, 0.717) is 11.6 Å². The number of benzene rings is 1. The number of nitrogens with one attached hydrogen (secondary N) is 1. The van der Waals surface area contributed by atoms with Gasteiger partial charge in [0, 0.05) is 25.2 Å². The third-order valence-corrected chi connectivity index (χ3v) is 5.95. The van der Waals surface area contributed by atoms with Gasteiger partial charge in [-0.3, -0.25) is 14.9 Å². The van der Waals surface area contributed by atoms with Crippen LogP contribution >= 0.6 is 0 Å². The van der Waals surface area contributed by atoms with E-state index in [1.165, 1.54) is 25.5 Å². The van der Waals surface area contributed by atoms with Crippen LogP contribution in [0.1, 0.15) is 62.7 Å². The van der Waals surface area contributed by atoms with Gasteiger partial charge in [-0.25, -0.2) is 4.79 Å². The van der Waals surface area contributed by atoms with Crippen LogP contribution in [-0.4, -0.2) is 42.0 Å². The Morgan fingerprint density at radius 2 is 1.90 bits per heavy atom. The molecular formula is C21H29N3O5. The number of rotatable bonds is 6. The first-order valence-electron chi connectivity index (χ1n) is 10.4. The van der Waals surface area contributed by atoms with E-state index < -0.39 is 17.0 Å². The van der Waals surface area contributed by atoms with Crippen LogP contribution in [0.5, 0.6) is 0 Å². The van der Waals surface area contributed by atoms with Crippen molar-refractivity contribution in [3.8, 4) is 0 Å². The number of nitrogens with zero attached hydrogens (tertiary/aromatic N) is 2. The molecule has 3 atom stereocenters. The summed E-state index contributed by atoms with van der Waals surface area (Å²) in [5.74, 6) is -0.669. The van der Waals surface area contributed by atoms with Gasteiger partial charge < -0.3 is 15.0 Å². The molecule has 1 aliphatic carbocycles. The smallest absolute Gasteiger partial charge is 0.339 e. The first kappa shape index (κ1) is 21.1. The number of nitro benzene ring substituents is 1. The molecule has 1 N–H and O–H groups in total. The van der Waals surface area contributed by atoms with Gasteiger partial charge in [0.05, 0.1) is 10.5 Å². The summed E-state index contributed by atoms with van der Waals surface area (Å²) in [5, 5.41) is 14.5. The van der Waals surface area contributed by atoms with Gasteiger partial charge in [-0.2, -0.15) is 0 Å². The molecule has 158 valence electrons. The molecule has 1 heterocycles. The molecule has 29 heavy (non-hydrogen) atoms. The Morgan fingerprint density at radius 1 is 1.21 bits per heavy atom. The van der Waals surface area contributed by atoms with E-state index in [1.807, 2.05) is 4.90 Å². The maximum Gasteiger partial charge on any atom is 0.339 e. The third-order valence-electron chi connectivity index (χ3n) is 5.95. The lowest BCUT2D eigenvalue weighted by Crippen LogP contribution is -2.46. The Bertz CT molecular complexity index is 776. The number of nitro groups is 1. The number of carbonyl (C=O) groups is 2. The molecule has 8 nitrogen and oxygen atoms in total. The van der Waals surface area contributed by atoms with Crippen LogP contribution in [0.15, 0.2) is 18.2 Å². The number of hydrogen-bond donors (Lipinski definition) is 1. The molecule has 8 heteroatoms. The van der Waals surface area contributed by atoms with Crippen molar-refractivity contribution in [3.05, 3.63) is 33.9 Å². The lowest BCUT2D eigenvalue weighted by Gasteiger charge is -2.30. The summed E-state index contributed by atoms with van der Waals surface area (Å²) < 4.78 is 5.29. The summed E-state index contributed by atoms with van der Waals surface area (Å²) in [5.41, 5.74) is 0.473. The quantitative estimate of drug-likeness (QED) is 0.443. The van der Waals surface area contributed by atoms with Gasteiger partial charge >= 0.3 is 5.97 Å². The van der Waals surface area contributed by atoms with E-state index in [0.717, 1.165) is 45.2 Å². The summed E-state index contributed by atoms with van der Waals surface area (Å²) in [4.78, 5) is 37.9. The van der Waals surface area contributed by atoms with Crippen LogP contribution in [0.25, 0.3) is 0 Å². The molecule has 0 radical (unpaired) electrons. The summed E-state index contributed by atoms with van der Waals surface area (Å²) >= 11 is 0. The van der Waals surface area contributed by atoms with Crippen molar-refractivity contribution in [2.24, 2.45) is 5.92 Å². The minimum absolute atomic E-state index is 0.0744. The molecular weight excluding hydrogens is 374 g/mol. The zero-order chi connectivity index (χ0) is 21.0. The average Bonchev–Trinajstić information content (AvgIpc) is 3.23. The number of anilines is 1. The SMILES string of the molecule is C[C@@H](OC(=O)c1ccc(N2CCCC2)c([N+](=O)[O-])c1)C(=O)N[C@@H]1CCCC[C@@H]1C. The molecule has 1 aromatic rings. The Morgan fingerprint density at radius 3 is 2.55 bits per heavy atom. The largest absolute Gasteiger partial charge is 0.449 e. The normalized spacial score (nSPS) is 22.8. The van der Waals surface area contributed by atoms with Crippen LogP contribution in [0, 0.1) is 16.0 Å². The van der Waals surface area contributed by atoms with E-state index in [2.05, 4.69) is 12.2 Å². The highest BCUT2D eigenvalue weighted by Crippen LogP contribution is 2.32. The van der Waals surface area contributed by atoms with Crippen molar-refractivity contribution < 1.29 is 19.2 Å². The van der Waals surface area contributed by atoms with Crippen LogP contribution in [0.2, 0.25) is 0 Å². The first-order chi connectivity index (χ1) is 13.9.